The summed E-state index contributed by atoms with van der Waals surface area (Å²) in [6, 6.07) is 15.6. The molecule has 0 spiro atoms. The van der Waals surface area contributed by atoms with Crippen molar-refractivity contribution in [3.63, 3.8) is 0 Å². The standard InChI is InChI=1S/C12H12O7P2.N3/c13-20(14,15)19-21(16,17-11-7-3-1-4-8-11)18-12-9-5-2-6-10-12;1-3-2/h1-10H,(H2,13,14,15);/q;-1. The Hall–Kier alpha value is -2.31. The van der Waals surface area contributed by atoms with Gasteiger partial charge in [-0.2, -0.15) is 4.31 Å². The van der Waals surface area contributed by atoms with E-state index in [0.717, 1.165) is 0 Å². The number of benzene rings is 2. The molecule has 0 saturated heterocycles. The summed E-state index contributed by atoms with van der Waals surface area (Å²) in [6.45, 7) is 0. The van der Waals surface area contributed by atoms with Gasteiger partial charge in [0.1, 0.15) is 11.5 Å². The lowest BCUT2D eigenvalue weighted by Gasteiger charge is -2.18. The van der Waals surface area contributed by atoms with Crippen LogP contribution < -0.4 is 9.05 Å². The summed E-state index contributed by atoms with van der Waals surface area (Å²) in [7, 11) is -9.62. The van der Waals surface area contributed by atoms with Gasteiger partial charge < -0.3 is 29.9 Å². The zero-order chi connectivity index (χ0) is 18.1. The first-order valence-electron chi connectivity index (χ1n) is 6.13. The van der Waals surface area contributed by atoms with E-state index < -0.39 is 15.6 Å². The summed E-state index contributed by atoms with van der Waals surface area (Å²) in [6.07, 6.45) is 0. The lowest BCUT2D eigenvalue weighted by atomic mass is 10.3. The second kappa shape index (κ2) is 9.10. The van der Waals surface area contributed by atoms with Crippen molar-refractivity contribution in [2.75, 3.05) is 0 Å². The monoisotopic (exact) mass is 372 g/mol. The summed E-state index contributed by atoms with van der Waals surface area (Å²) in [5.41, 5.74) is 13.5. The molecule has 0 bridgehead atoms. The van der Waals surface area contributed by atoms with Gasteiger partial charge in [0.25, 0.3) is 0 Å². The molecule has 0 aliphatic rings. The highest BCUT2D eigenvalue weighted by atomic mass is 31.3. The second-order valence-corrected chi connectivity index (χ2v) is 6.81. The Morgan fingerprint density at radius 1 is 0.792 bits per heavy atom. The minimum absolute atomic E-state index is 0.0882. The average molecular weight is 372 g/mol. The van der Waals surface area contributed by atoms with Gasteiger partial charge in [0, 0.05) is 0 Å². The van der Waals surface area contributed by atoms with Crippen LogP contribution in [0.1, 0.15) is 0 Å². The molecule has 2 rings (SSSR count). The third kappa shape index (κ3) is 7.80. The first kappa shape index (κ1) is 19.7. The number of para-hydroxylation sites is 2. The van der Waals surface area contributed by atoms with Gasteiger partial charge in [-0.25, -0.2) is 9.13 Å². The van der Waals surface area contributed by atoms with E-state index in [1.54, 1.807) is 36.4 Å². The van der Waals surface area contributed by atoms with Crippen LogP contribution in [0.25, 0.3) is 16.0 Å². The minimum atomic E-state index is -5.07. The van der Waals surface area contributed by atoms with E-state index >= 15 is 0 Å². The molecule has 0 saturated carbocycles. The maximum atomic E-state index is 12.4. The number of hydrogen-bond donors (Lipinski definition) is 2. The van der Waals surface area contributed by atoms with E-state index in [4.69, 9.17) is 29.9 Å². The zero-order valence-corrected chi connectivity index (χ0v) is 13.7. The highest BCUT2D eigenvalue weighted by molar-refractivity contribution is 7.61. The maximum absolute atomic E-state index is 12.4. The fourth-order valence-corrected chi connectivity index (χ4v) is 3.51. The van der Waals surface area contributed by atoms with Gasteiger partial charge in [0.05, 0.1) is 0 Å². The Morgan fingerprint density at radius 2 is 1.12 bits per heavy atom. The fourth-order valence-electron chi connectivity index (χ4n) is 1.40. The third-order valence-corrected chi connectivity index (χ3v) is 4.65. The van der Waals surface area contributed by atoms with Crippen LogP contribution in [0.3, 0.4) is 0 Å². The molecule has 0 heterocycles. The van der Waals surface area contributed by atoms with E-state index in [9.17, 15) is 9.13 Å². The molecule has 2 aromatic rings. The van der Waals surface area contributed by atoms with Crippen LogP contribution in [-0.2, 0) is 13.4 Å². The molecule has 0 aromatic heterocycles. The van der Waals surface area contributed by atoms with Crippen LogP contribution in [-0.4, -0.2) is 9.79 Å². The SMILES string of the molecule is O=P(O)(O)OP(=O)(Oc1ccccc1)Oc1ccccc1.[N-]=[N+]=[N-]. The molecule has 0 fully saturated rings. The molecule has 12 heteroatoms. The topological polar surface area (TPSA) is 161 Å². The van der Waals surface area contributed by atoms with Crippen LogP contribution in [0, 0.1) is 0 Å². The Morgan fingerprint density at radius 3 is 1.42 bits per heavy atom. The van der Waals surface area contributed by atoms with Crippen LogP contribution in [0.2, 0.25) is 0 Å². The van der Waals surface area contributed by atoms with Crippen molar-refractivity contribution < 1.29 is 32.3 Å². The first-order chi connectivity index (χ1) is 11.3. The lowest BCUT2D eigenvalue weighted by molar-refractivity contribution is 0.233. The third-order valence-electron chi connectivity index (χ3n) is 2.13. The van der Waals surface area contributed by atoms with E-state index in [-0.39, 0.29) is 11.5 Å². The second-order valence-electron chi connectivity index (χ2n) is 3.92. The minimum Gasteiger partial charge on any atom is -0.395 e. The molecule has 0 radical (unpaired) electrons. The normalized spacial score (nSPS) is 10.8. The van der Waals surface area contributed by atoms with Crippen molar-refractivity contribution in [1.29, 1.82) is 0 Å². The number of phosphoric acid groups is 2. The highest BCUT2D eigenvalue weighted by Crippen LogP contribution is 2.60. The maximum Gasteiger partial charge on any atom is 0.596 e. The molecular weight excluding hydrogens is 360 g/mol. The highest BCUT2D eigenvalue weighted by Gasteiger charge is 2.39. The van der Waals surface area contributed by atoms with Crippen molar-refractivity contribution in [3.05, 3.63) is 76.6 Å². The number of rotatable bonds is 6. The molecule has 2 aromatic carbocycles. The lowest BCUT2D eigenvalue weighted by Crippen LogP contribution is -2.03. The Kier molecular flexibility index (Phi) is 7.48. The van der Waals surface area contributed by atoms with Gasteiger partial charge in [-0.15, -0.1) is 0 Å². The molecule has 24 heavy (non-hydrogen) atoms. The Bertz CT molecular complexity index is 715. The first-order valence-corrected chi connectivity index (χ1v) is 9.12. The smallest absolute Gasteiger partial charge is 0.395 e. The van der Waals surface area contributed by atoms with Crippen LogP contribution in [0.5, 0.6) is 11.5 Å². The molecule has 0 aliphatic carbocycles. The summed E-state index contributed by atoms with van der Waals surface area (Å²) >= 11 is 0. The van der Waals surface area contributed by atoms with E-state index in [2.05, 4.69) is 4.31 Å². The quantitative estimate of drug-likeness (QED) is 0.332. The Labute approximate surface area is 136 Å². The number of hydrogen-bond acceptors (Lipinski definition) is 5. The summed E-state index contributed by atoms with van der Waals surface area (Å²) < 4.78 is 37.6. The molecule has 128 valence electrons. The van der Waals surface area contributed by atoms with Gasteiger partial charge >= 0.3 is 15.6 Å². The van der Waals surface area contributed by atoms with Crippen LogP contribution in [0.15, 0.2) is 60.7 Å². The predicted octanol–water partition coefficient (Wildman–Crippen LogP) is 4.23. The molecule has 0 atom stereocenters. The summed E-state index contributed by atoms with van der Waals surface area (Å²) in [5, 5.41) is 0. The van der Waals surface area contributed by atoms with Gasteiger partial charge in [0.2, 0.25) is 0 Å². The Balaban J connectivity index is 0.000000891. The van der Waals surface area contributed by atoms with Gasteiger partial charge in [0.15, 0.2) is 0 Å². The van der Waals surface area contributed by atoms with Gasteiger partial charge in [-0.05, 0) is 24.3 Å². The van der Waals surface area contributed by atoms with Gasteiger partial charge in [-0.1, -0.05) is 36.4 Å². The van der Waals surface area contributed by atoms with E-state index in [1.165, 1.54) is 29.2 Å². The number of nitrogens with zero attached hydrogens (tertiary/aromatic N) is 3. The van der Waals surface area contributed by atoms with E-state index in [1.807, 2.05) is 0 Å². The van der Waals surface area contributed by atoms with Crippen LogP contribution in [0.4, 0.5) is 0 Å². The molecule has 2 N–H and O–H groups in total. The molecule has 0 aliphatic heterocycles. The fraction of sp³-hybridized carbons (Fsp3) is 0. The predicted molar refractivity (Wildman–Crippen MR) is 85.0 cm³/mol. The molecule has 10 nitrogen and oxygen atoms in total. The van der Waals surface area contributed by atoms with Crippen molar-refractivity contribution in [2.24, 2.45) is 0 Å². The number of phosphoric ester groups is 1. The largest absolute Gasteiger partial charge is 0.596 e. The van der Waals surface area contributed by atoms with Crippen molar-refractivity contribution in [3.8, 4) is 11.5 Å². The zero-order valence-electron chi connectivity index (χ0n) is 11.9. The van der Waals surface area contributed by atoms with Crippen molar-refractivity contribution >= 4 is 15.6 Å². The van der Waals surface area contributed by atoms with E-state index in [0.29, 0.717) is 0 Å². The molecule has 0 unspecified atom stereocenters. The van der Waals surface area contributed by atoms with Crippen molar-refractivity contribution in [2.45, 2.75) is 0 Å². The van der Waals surface area contributed by atoms with Crippen LogP contribution >= 0.6 is 15.6 Å². The van der Waals surface area contributed by atoms with Crippen molar-refractivity contribution in [1.82, 2.24) is 0 Å². The molecular formula is C12H12N3O7P2-. The summed E-state index contributed by atoms with van der Waals surface area (Å²) in [4.78, 5) is 19.2. The summed E-state index contributed by atoms with van der Waals surface area (Å²) in [5.74, 6) is 0.176. The van der Waals surface area contributed by atoms with Gasteiger partial charge in [-0.3, -0.25) is 4.91 Å². The average Bonchev–Trinajstić information content (AvgIpc) is 2.47. The molecule has 0 amide bonds.